The SMILES string of the molecule is [CH2]CCCCCCCCCCCCCCSCCCCCCCCC. The van der Waals surface area contributed by atoms with Crippen LogP contribution in [-0.4, -0.2) is 11.5 Å². The minimum absolute atomic E-state index is 1.12. The first-order chi connectivity index (χ1) is 12.4. The summed E-state index contributed by atoms with van der Waals surface area (Å²) in [5.41, 5.74) is 0. The van der Waals surface area contributed by atoms with Crippen molar-refractivity contribution in [3.8, 4) is 0 Å². The van der Waals surface area contributed by atoms with Gasteiger partial charge in [0.2, 0.25) is 0 Å². The van der Waals surface area contributed by atoms with Gasteiger partial charge < -0.3 is 0 Å². The van der Waals surface area contributed by atoms with Gasteiger partial charge in [0.05, 0.1) is 0 Å². The highest BCUT2D eigenvalue weighted by molar-refractivity contribution is 7.99. The molecule has 0 aliphatic rings. The molecule has 0 unspecified atom stereocenters. The van der Waals surface area contributed by atoms with Crippen LogP contribution in [0.5, 0.6) is 0 Å². The third kappa shape index (κ3) is 24.4. The summed E-state index contributed by atoms with van der Waals surface area (Å²) in [6.45, 7) is 6.20. The molecule has 0 aliphatic carbocycles. The molecule has 0 amide bonds. The topological polar surface area (TPSA) is 0 Å². The number of hydrogen-bond acceptors (Lipinski definition) is 1. The molecular formula is C24H49S. The molecule has 0 spiro atoms. The van der Waals surface area contributed by atoms with E-state index < -0.39 is 0 Å². The lowest BCUT2D eigenvalue weighted by Gasteiger charge is -2.04. The molecule has 151 valence electrons. The summed E-state index contributed by atoms with van der Waals surface area (Å²) in [6.07, 6.45) is 28.6. The van der Waals surface area contributed by atoms with Crippen molar-refractivity contribution in [2.45, 2.75) is 135 Å². The maximum Gasteiger partial charge on any atom is -0.00675 e. The van der Waals surface area contributed by atoms with Gasteiger partial charge in [0.1, 0.15) is 0 Å². The fraction of sp³-hybridized carbons (Fsp3) is 0.958. The summed E-state index contributed by atoms with van der Waals surface area (Å²) in [6, 6.07) is 0. The molecule has 0 nitrogen and oxygen atoms in total. The van der Waals surface area contributed by atoms with Crippen LogP contribution in [-0.2, 0) is 0 Å². The zero-order valence-corrected chi connectivity index (χ0v) is 18.5. The third-order valence-corrected chi connectivity index (χ3v) is 6.34. The first-order valence-electron chi connectivity index (χ1n) is 11.8. The van der Waals surface area contributed by atoms with Crippen LogP contribution in [0.3, 0.4) is 0 Å². The monoisotopic (exact) mass is 369 g/mol. The van der Waals surface area contributed by atoms with E-state index >= 15 is 0 Å². The number of unbranched alkanes of at least 4 members (excludes halogenated alkanes) is 18. The van der Waals surface area contributed by atoms with Crippen LogP contribution in [0.2, 0.25) is 0 Å². The minimum atomic E-state index is 1.12. The van der Waals surface area contributed by atoms with Crippen molar-refractivity contribution in [1.82, 2.24) is 0 Å². The van der Waals surface area contributed by atoms with Crippen LogP contribution in [0.1, 0.15) is 135 Å². The average Bonchev–Trinajstić information content (AvgIpc) is 2.63. The quantitative estimate of drug-likeness (QED) is 0.171. The molecule has 0 atom stereocenters. The lowest BCUT2D eigenvalue weighted by atomic mass is 10.1. The van der Waals surface area contributed by atoms with Crippen molar-refractivity contribution >= 4 is 11.8 Å². The molecule has 0 N–H and O–H groups in total. The second-order valence-electron chi connectivity index (χ2n) is 7.83. The molecule has 0 saturated heterocycles. The van der Waals surface area contributed by atoms with Crippen LogP contribution < -0.4 is 0 Å². The summed E-state index contributed by atoms with van der Waals surface area (Å²) in [5, 5.41) is 0. The molecule has 0 aliphatic heterocycles. The van der Waals surface area contributed by atoms with E-state index in [0.29, 0.717) is 0 Å². The third-order valence-electron chi connectivity index (χ3n) is 5.18. The van der Waals surface area contributed by atoms with Crippen molar-refractivity contribution in [1.29, 1.82) is 0 Å². The molecule has 0 aromatic heterocycles. The van der Waals surface area contributed by atoms with Gasteiger partial charge in [-0.15, -0.1) is 0 Å². The number of rotatable bonds is 22. The van der Waals surface area contributed by atoms with E-state index in [0.717, 1.165) is 6.42 Å². The van der Waals surface area contributed by atoms with E-state index in [9.17, 15) is 0 Å². The van der Waals surface area contributed by atoms with E-state index in [-0.39, 0.29) is 0 Å². The van der Waals surface area contributed by atoms with Gasteiger partial charge in [-0.3, -0.25) is 0 Å². The maximum absolute atomic E-state index is 3.91. The summed E-state index contributed by atoms with van der Waals surface area (Å²) >= 11 is 2.20. The van der Waals surface area contributed by atoms with Gasteiger partial charge in [-0.1, -0.05) is 129 Å². The Kier molecular flexibility index (Phi) is 24.7. The Morgan fingerprint density at radius 1 is 0.440 bits per heavy atom. The van der Waals surface area contributed by atoms with E-state index in [1.807, 2.05) is 0 Å². The van der Waals surface area contributed by atoms with Crippen molar-refractivity contribution in [3.05, 3.63) is 6.92 Å². The van der Waals surface area contributed by atoms with Crippen molar-refractivity contribution in [2.24, 2.45) is 0 Å². The predicted octanol–water partition coefficient (Wildman–Crippen LogP) is 9.38. The Morgan fingerprint density at radius 2 is 0.760 bits per heavy atom. The van der Waals surface area contributed by atoms with Crippen LogP contribution in [0, 0.1) is 6.92 Å². The van der Waals surface area contributed by atoms with Crippen molar-refractivity contribution < 1.29 is 0 Å². The zero-order chi connectivity index (χ0) is 18.3. The molecule has 0 bridgehead atoms. The largest absolute Gasteiger partial charge is 0.162 e. The lowest BCUT2D eigenvalue weighted by Crippen LogP contribution is -1.87. The average molecular weight is 370 g/mol. The Hall–Kier alpha value is 0.350. The number of thioether (sulfide) groups is 1. The Balaban J connectivity index is 2.94. The molecular weight excluding hydrogens is 320 g/mol. The van der Waals surface area contributed by atoms with E-state index in [2.05, 4.69) is 25.6 Å². The Morgan fingerprint density at radius 3 is 1.12 bits per heavy atom. The molecule has 0 heterocycles. The van der Waals surface area contributed by atoms with Gasteiger partial charge >= 0.3 is 0 Å². The summed E-state index contributed by atoms with van der Waals surface area (Å²) in [5.74, 6) is 2.81. The van der Waals surface area contributed by atoms with Crippen LogP contribution in [0.25, 0.3) is 0 Å². The lowest BCUT2D eigenvalue weighted by molar-refractivity contribution is 0.545. The van der Waals surface area contributed by atoms with Gasteiger partial charge in [-0.25, -0.2) is 0 Å². The molecule has 0 aromatic rings. The molecule has 1 heteroatoms. The standard InChI is InChI=1S/C24H49S/c1-3-5-7-9-11-12-13-14-15-16-18-20-22-24-25-23-21-19-17-10-8-6-4-2/h1,3-24H2,2H3. The fourth-order valence-corrected chi connectivity index (χ4v) is 4.43. The van der Waals surface area contributed by atoms with Gasteiger partial charge in [-0.05, 0) is 24.3 Å². The van der Waals surface area contributed by atoms with Gasteiger partial charge in [0.15, 0.2) is 0 Å². The zero-order valence-electron chi connectivity index (χ0n) is 17.7. The molecule has 25 heavy (non-hydrogen) atoms. The smallest absolute Gasteiger partial charge is 0.00675 e. The first kappa shape index (κ1) is 25.4. The summed E-state index contributed by atoms with van der Waals surface area (Å²) in [7, 11) is 0. The maximum atomic E-state index is 3.91. The second kappa shape index (κ2) is 24.4. The van der Waals surface area contributed by atoms with Crippen molar-refractivity contribution in [2.75, 3.05) is 11.5 Å². The molecule has 0 aromatic carbocycles. The highest BCUT2D eigenvalue weighted by Gasteiger charge is 1.95. The Bertz CT molecular complexity index is 192. The molecule has 1 radical (unpaired) electrons. The van der Waals surface area contributed by atoms with E-state index in [4.69, 9.17) is 0 Å². The minimum Gasteiger partial charge on any atom is -0.162 e. The van der Waals surface area contributed by atoms with Gasteiger partial charge in [0, 0.05) is 0 Å². The molecule has 0 rings (SSSR count). The summed E-state index contributed by atoms with van der Waals surface area (Å²) in [4.78, 5) is 0. The molecule has 0 saturated carbocycles. The highest BCUT2D eigenvalue weighted by atomic mass is 32.2. The fourth-order valence-electron chi connectivity index (χ4n) is 3.41. The van der Waals surface area contributed by atoms with E-state index in [1.165, 1.54) is 134 Å². The predicted molar refractivity (Wildman–Crippen MR) is 121 cm³/mol. The van der Waals surface area contributed by atoms with Gasteiger partial charge in [0.25, 0.3) is 0 Å². The number of hydrogen-bond donors (Lipinski definition) is 0. The second-order valence-corrected chi connectivity index (χ2v) is 9.05. The van der Waals surface area contributed by atoms with Crippen LogP contribution in [0.15, 0.2) is 0 Å². The van der Waals surface area contributed by atoms with Crippen molar-refractivity contribution in [3.63, 3.8) is 0 Å². The first-order valence-corrected chi connectivity index (χ1v) is 12.9. The normalized spacial score (nSPS) is 11.3. The summed E-state index contributed by atoms with van der Waals surface area (Å²) < 4.78 is 0. The van der Waals surface area contributed by atoms with Gasteiger partial charge in [-0.2, -0.15) is 11.8 Å². The van der Waals surface area contributed by atoms with Crippen LogP contribution >= 0.6 is 11.8 Å². The molecule has 0 fully saturated rings. The Labute approximate surface area is 165 Å². The van der Waals surface area contributed by atoms with E-state index in [1.54, 1.807) is 0 Å². The van der Waals surface area contributed by atoms with Crippen LogP contribution in [0.4, 0.5) is 0 Å². The highest BCUT2D eigenvalue weighted by Crippen LogP contribution is 2.15.